The van der Waals surface area contributed by atoms with Gasteiger partial charge < -0.3 is 19.7 Å². The van der Waals surface area contributed by atoms with E-state index >= 15 is 0 Å². The molecule has 1 saturated heterocycles. The maximum Gasteiger partial charge on any atom is 0.300 e. The lowest BCUT2D eigenvalue weighted by atomic mass is 9.94. The number of hydrogen-bond acceptors (Lipinski definition) is 6. The minimum absolute atomic E-state index is 0.0239. The fraction of sp³-hybridized carbons (Fsp3) is 0.0968. The van der Waals surface area contributed by atoms with Crippen LogP contribution in [-0.4, -0.2) is 28.5 Å². The molecule has 6 rings (SSSR count). The standard InChI is InChI=1S/C31H23NO6/c33-23-11-6-19(7-12-23)28-27(29(34)21-8-15-26-20(18-21)16-17-37-26)30(35)31(36)32(28)22-9-13-25(14-10-22)38-24-4-2-1-3-5-24/h1-15,18,28,33-34H,16-17H2/b29-27-. The Labute approximate surface area is 218 Å². The van der Waals surface area contributed by atoms with Crippen LogP contribution in [0.15, 0.2) is 103 Å². The van der Waals surface area contributed by atoms with Gasteiger partial charge in [-0.15, -0.1) is 0 Å². The molecule has 2 heterocycles. The summed E-state index contributed by atoms with van der Waals surface area (Å²) in [7, 11) is 0. The Hall–Kier alpha value is -5.04. The van der Waals surface area contributed by atoms with Gasteiger partial charge in [0.25, 0.3) is 11.7 Å². The van der Waals surface area contributed by atoms with Crippen molar-refractivity contribution < 1.29 is 29.3 Å². The van der Waals surface area contributed by atoms with E-state index in [0.717, 1.165) is 11.3 Å². The van der Waals surface area contributed by atoms with E-state index in [1.54, 1.807) is 54.6 Å². The van der Waals surface area contributed by atoms with Crippen molar-refractivity contribution in [2.45, 2.75) is 12.5 Å². The molecular formula is C31H23NO6. The zero-order valence-electron chi connectivity index (χ0n) is 20.2. The van der Waals surface area contributed by atoms with Gasteiger partial charge >= 0.3 is 0 Å². The first kappa shape index (κ1) is 23.4. The summed E-state index contributed by atoms with van der Waals surface area (Å²) >= 11 is 0. The zero-order valence-corrected chi connectivity index (χ0v) is 20.2. The predicted molar refractivity (Wildman–Crippen MR) is 141 cm³/mol. The van der Waals surface area contributed by atoms with Gasteiger partial charge in [-0.05, 0) is 77.9 Å². The number of phenolic OH excluding ortho intramolecular Hbond substituents is 1. The average molecular weight is 506 g/mol. The number of aliphatic hydroxyl groups excluding tert-OH is 1. The quantitative estimate of drug-likeness (QED) is 0.204. The number of ether oxygens (including phenoxy) is 2. The number of aromatic hydroxyl groups is 1. The van der Waals surface area contributed by atoms with Crippen molar-refractivity contribution in [3.05, 3.63) is 119 Å². The Morgan fingerprint density at radius 1 is 0.868 bits per heavy atom. The van der Waals surface area contributed by atoms with E-state index in [1.165, 1.54) is 17.0 Å². The van der Waals surface area contributed by atoms with E-state index in [2.05, 4.69) is 0 Å². The molecule has 0 spiro atoms. The molecule has 0 saturated carbocycles. The fourth-order valence-corrected chi connectivity index (χ4v) is 4.86. The number of amides is 1. The van der Waals surface area contributed by atoms with Gasteiger partial charge in [0.15, 0.2) is 0 Å². The molecule has 1 fully saturated rings. The number of carbonyl (C=O) groups is 2. The largest absolute Gasteiger partial charge is 0.508 e. The van der Waals surface area contributed by atoms with Crippen LogP contribution in [0.5, 0.6) is 23.0 Å². The van der Waals surface area contributed by atoms with Gasteiger partial charge in [-0.3, -0.25) is 14.5 Å². The molecule has 1 amide bonds. The maximum absolute atomic E-state index is 13.4. The predicted octanol–water partition coefficient (Wildman–Crippen LogP) is 5.75. The van der Waals surface area contributed by atoms with Gasteiger partial charge in [0.1, 0.15) is 28.8 Å². The number of para-hydroxylation sites is 1. The highest BCUT2D eigenvalue weighted by molar-refractivity contribution is 6.51. The number of hydrogen-bond donors (Lipinski definition) is 2. The van der Waals surface area contributed by atoms with Gasteiger partial charge in [0, 0.05) is 17.7 Å². The summed E-state index contributed by atoms with van der Waals surface area (Å²) in [5.41, 5.74) is 2.37. The van der Waals surface area contributed by atoms with Gasteiger partial charge in [-0.1, -0.05) is 30.3 Å². The summed E-state index contributed by atoms with van der Waals surface area (Å²) in [4.78, 5) is 28.1. The van der Waals surface area contributed by atoms with Gasteiger partial charge in [-0.2, -0.15) is 0 Å². The lowest BCUT2D eigenvalue weighted by Gasteiger charge is -2.25. The molecule has 2 aliphatic rings. The van der Waals surface area contributed by atoms with E-state index in [4.69, 9.17) is 9.47 Å². The average Bonchev–Trinajstić information content (AvgIpc) is 3.52. The topological polar surface area (TPSA) is 96.3 Å². The van der Waals surface area contributed by atoms with Crippen LogP contribution < -0.4 is 14.4 Å². The number of carbonyl (C=O) groups excluding carboxylic acids is 2. The molecule has 1 atom stereocenters. The number of benzene rings is 4. The van der Waals surface area contributed by atoms with E-state index in [-0.39, 0.29) is 17.1 Å². The van der Waals surface area contributed by atoms with Crippen molar-refractivity contribution in [3.8, 4) is 23.0 Å². The summed E-state index contributed by atoms with van der Waals surface area (Å²) in [5.74, 6) is 0.222. The van der Waals surface area contributed by atoms with E-state index in [1.807, 2.05) is 30.3 Å². The Bertz CT molecular complexity index is 1560. The Balaban J connectivity index is 1.43. The van der Waals surface area contributed by atoms with Crippen LogP contribution in [0.2, 0.25) is 0 Å². The van der Waals surface area contributed by atoms with Gasteiger partial charge in [0.05, 0.1) is 18.2 Å². The first-order valence-corrected chi connectivity index (χ1v) is 12.2. The second kappa shape index (κ2) is 9.44. The molecule has 4 aromatic carbocycles. The smallest absolute Gasteiger partial charge is 0.300 e. The third-order valence-electron chi connectivity index (χ3n) is 6.71. The van der Waals surface area contributed by atoms with E-state index in [9.17, 15) is 19.8 Å². The molecule has 0 aliphatic carbocycles. The lowest BCUT2D eigenvalue weighted by molar-refractivity contribution is -0.132. The van der Waals surface area contributed by atoms with Crippen molar-refractivity contribution in [2.75, 3.05) is 11.5 Å². The first-order chi connectivity index (χ1) is 18.5. The van der Waals surface area contributed by atoms with Crippen molar-refractivity contribution >= 4 is 23.1 Å². The fourth-order valence-electron chi connectivity index (χ4n) is 4.86. The normalized spacial score (nSPS) is 17.8. The summed E-state index contributed by atoms with van der Waals surface area (Å²) in [6, 6.07) is 26.7. The molecular weight excluding hydrogens is 482 g/mol. The third kappa shape index (κ3) is 4.14. The number of aliphatic hydroxyl groups is 1. The zero-order chi connectivity index (χ0) is 26.2. The molecule has 38 heavy (non-hydrogen) atoms. The van der Waals surface area contributed by atoms with Crippen molar-refractivity contribution in [3.63, 3.8) is 0 Å². The lowest BCUT2D eigenvalue weighted by Crippen LogP contribution is -2.29. The minimum atomic E-state index is -0.902. The second-order valence-electron chi connectivity index (χ2n) is 9.09. The molecule has 188 valence electrons. The SMILES string of the molecule is O=C1C(=O)N(c2ccc(Oc3ccccc3)cc2)C(c2ccc(O)cc2)/C1=C(/O)c1ccc2c(c1)CCO2. The number of rotatable bonds is 5. The Morgan fingerprint density at radius 2 is 1.58 bits per heavy atom. The number of phenols is 1. The second-order valence-corrected chi connectivity index (χ2v) is 9.09. The Morgan fingerprint density at radius 3 is 2.32 bits per heavy atom. The number of nitrogens with zero attached hydrogens (tertiary/aromatic N) is 1. The van der Waals surface area contributed by atoms with Crippen LogP contribution in [0.3, 0.4) is 0 Å². The highest BCUT2D eigenvalue weighted by Gasteiger charge is 2.47. The van der Waals surface area contributed by atoms with E-state index < -0.39 is 17.7 Å². The van der Waals surface area contributed by atoms with Crippen molar-refractivity contribution in [1.29, 1.82) is 0 Å². The van der Waals surface area contributed by atoms with Crippen molar-refractivity contribution in [1.82, 2.24) is 0 Å². The molecule has 7 nitrogen and oxygen atoms in total. The third-order valence-corrected chi connectivity index (χ3v) is 6.71. The summed E-state index contributed by atoms with van der Waals surface area (Å²) in [6.07, 6.45) is 0.698. The number of ketones is 1. The highest BCUT2D eigenvalue weighted by atomic mass is 16.5. The van der Waals surface area contributed by atoms with Crippen LogP contribution in [-0.2, 0) is 16.0 Å². The highest BCUT2D eigenvalue weighted by Crippen LogP contribution is 2.43. The first-order valence-electron chi connectivity index (χ1n) is 12.2. The Kier molecular flexibility index (Phi) is 5.81. The van der Waals surface area contributed by atoms with Crippen LogP contribution in [0.1, 0.15) is 22.7 Å². The van der Waals surface area contributed by atoms with Gasteiger partial charge in [-0.25, -0.2) is 0 Å². The molecule has 4 aromatic rings. The van der Waals surface area contributed by atoms with Crippen LogP contribution in [0.25, 0.3) is 5.76 Å². The molecule has 0 aromatic heterocycles. The monoisotopic (exact) mass is 505 g/mol. The van der Waals surface area contributed by atoms with Crippen LogP contribution >= 0.6 is 0 Å². The number of fused-ring (bicyclic) bond motifs is 1. The molecule has 2 aliphatic heterocycles. The molecule has 1 unspecified atom stereocenters. The summed E-state index contributed by atoms with van der Waals surface area (Å²) in [5, 5.41) is 21.2. The van der Waals surface area contributed by atoms with Gasteiger partial charge in [0.2, 0.25) is 0 Å². The van der Waals surface area contributed by atoms with Crippen LogP contribution in [0, 0.1) is 0 Å². The maximum atomic E-state index is 13.4. The van der Waals surface area contributed by atoms with Crippen molar-refractivity contribution in [2.24, 2.45) is 0 Å². The number of anilines is 1. The molecule has 7 heteroatoms. The number of Topliss-reactive ketones (excluding diaryl/α,β-unsaturated/α-hetero) is 1. The molecule has 2 N–H and O–H groups in total. The summed E-state index contributed by atoms with van der Waals surface area (Å²) < 4.78 is 11.4. The summed E-state index contributed by atoms with van der Waals surface area (Å²) in [6.45, 7) is 0.557. The van der Waals surface area contributed by atoms with E-state index in [0.29, 0.717) is 41.3 Å². The minimum Gasteiger partial charge on any atom is -0.508 e. The molecule has 0 bridgehead atoms. The molecule has 0 radical (unpaired) electrons. The van der Waals surface area contributed by atoms with Crippen LogP contribution in [0.4, 0.5) is 5.69 Å².